The Kier molecular flexibility index (Phi) is 6.80. The number of likely N-dealkylation sites (tertiary alicyclic amines) is 1. The molecule has 4 rings (SSSR count). The Labute approximate surface area is 186 Å². The summed E-state index contributed by atoms with van der Waals surface area (Å²) in [5.41, 5.74) is 0.516. The standard InChI is InChI=1S/C21H26N2O6S2/c1-22(31(25,26)20-5-3-13-30-20)17-6-8-18(9-7-17)29-15-19(24)23-10-2-4-16(14-23)21-27-11-12-28-21/h3,5-9,13,16,21H,2,4,10-12,14-15H2,1H3. The number of thiophene rings is 1. The van der Waals surface area contributed by atoms with E-state index in [1.54, 1.807) is 46.7 Å². The van der Waals surface area contributed by atoms with Crippen molar-refractivity contribution in [2.45, 2.75) is 23.3 Å². The lowest BCUT2D eigenvalue weighted by Gasteiger charge is -2.34. The number of rotatable bonds is 7. The second-order valence-electron chi connectivity index (χ2n) is 7.54. The molecule has 2 fully saturated rings. The second-order valence-corrected chi connectivity index (χ2v) is 10.7. The normalized spacial score (nSPS) is 20.0. The summed E-state index contributed by atoms with van der Waals surface area (Å²) in [7, 11) is -2.07. The highest BCUT2D eigenvalue weighted by Gasteiger charge is 2.32. The molecule has 2 aliphatic heterocycles. The van der Waals surface area contributed by atoms with Gasteiger partial charge < -0.3 is 19.1 Å². The van der Waals surface area contributed by atoms with Crippen LogP contribution in [0.4, 0.5) is 5.69 Å². The highest BCUT2D eigenvalue weighted by Crippen LogP contribution is 2.27. The SMILES string of the molecule is CN(c1ccc(OCC(=O)N2CCCC(C3OCCO3)C2)cc1)S(=O)(=O)c1cccs1. The van der Waals surface area contributed by atoms with Crippen molar-refractivity contribution in [1.29, 1.82) is 0 Å². The summed E-state index contributed by atoms with van der Waals surface area (Å²) < 4.78 is 43.6. The van der Waals surface area contributed by atoms with Gasteiger partial charge >= 0.3 is 0 Å². The average molecular weight is 467 g/mol. The highest BCUT2D eigenvalue weighted by atomic mass is 32.2. The number of benzene rings is 1. The summed E-state index contributed by atoms with van der Waals surface area (Å²) in [5, 5.41) is 1.73. The Morgan fingerprint density at radius 2 is 1.97 bits per heavy atom. The fourth-order valence-electron chi connectivity index (χ4n) is 3.78. The largest absolute Gasteiger partial charge is 0.484 e. The molecule has 1 amide bonds. The van der Waals surface area contributed by atoms with Crippen LogP contribution in [0.25, 0.3) is 0 Å². The van der Waals surface area contributed by atoms with E-state index in [4.69, 9.17) is 14.2 Å². The van der Waals surface area contributed by atoms with Gasteiger partial charge in [0.05, 0.1) is 18.9 Å². The lowest BCUT2D eigenvalue weighted by Crippen LogP contribution is -2.45. The van der Waals surface area contributed by atoms with Crippen molar-refractivity contribution in [3.8, 4) is 5.75 Å². The van der Waals surface area contributed by atoms with Gasteiger partial charge in [-0.15, -0.1) is 11.3 Å². The van der Waals surface area contributed by atoms with E-state index < -0.39 is 10.0 Å². The Morgan fingerprint density at radius 3 is 2.65 bits per heavy atom. The number of hydrogen-bond donors (Lipinski definition) is 0. The molecule has 1 unspecified atom stereocenters. The zero-order chi connectivity index (χ0) is 21.8. The number of amides is 1. The predicted octanol–water partition coefficient (Wildman–Crippen LogP) is 2.56. The van der Waals surface area contributed by atoms with Crippen LogP contribution in [0.3, 0.4) is 0 Å². The van der Waals surface area contributed by atoms with Gasteiger partial charge in [-0.1, -0.05) is 6.07 Å². The highest BCUT2D eigenvalue weighted by molar-refractivity contribution is 7.94. The van der Waals surface area contributed by atoms with E-state index in [0.29, 0.717) is 37.7 Å². The molecule has 1 aromatic heterocycles. The molecule has 3 heterocycles. The topological polar surface area (TPSA) is 85.4 Å². The van der Waals surface area contributed by atoms with Crippen molar-refractivity contribution in [3.05, 3.63) is 41.8 Å². The Bertz CT molecular complexity index is 972. The van der Waals surface area contributed by atoms with Crippen LogP contribution in [0.5, 0.6) is 5.75 Å². The first kappa shape index (κ1) is 22.1. The number of nitrogens with zero attached hydrogens (tertiary/aromatic N) is 2. The van der Waals surface area contributed by atoms with Gasteiger partial charge in [-0.3, -0.25) is 9.10 Å². The van der Waals surface area contributed by atoms with Crippen LogP contribution in [-0.4, -0.2) is 65.5 Å². The Morgan fingerprint density at radius 1 is 1.23 bits per heavy atom. The third-order valence-corrected chi connectivity index (χ3v) is 8.67. The average Bonchev–Trinajstić information content (AvgIpc) is 3.52. The van der Waals surface area contributed by atoms with E-state index in [1.807, 2.05) is 0 Å². The zero-order valence-electron chi connectivity index (χ0n) is 17.3. The van der Waals surface area contributed by atoms with Gasteiger partial charge in [0.2, 0.25) is 0 Å². The molecule has 2 saturated heterocycles. The summed E-state index contributed by atoms with van der Waals surface area (Å²) in [6, 6.07) is 9.95. The summed E-state index contributed by atoms with van der Waals surface area (Å²) in [4.78, 5) is 14.4. The van der Waals surface area contributed by atoms with E-state index in [1.165, 1.54) is 22.7 Å². The number of anilines is 1. The first-order chi connectivity index (χ1) is 14.9. The molecule has 10 heteroatoms. The molecule has 2 aromatic rings. The molecule has 0 saturated carbocycles. The number of carbonyl (C=O) groups excluding carboxylic acids is 1. The maximum absolute atomic E-state index is 12.6. The van der Waals surface area contributed by atoms with E-state index in [9.17, 15) is 13.2 Å². The van der Waals surface area contributed by atoms with Gasteiger partial charge in [-0.05, 0) is 48.6 Å². The zero-order valence-corrected chi connectivity index (χ0v) is 18.9. The summed E-state index contributed by atoms with van der Waals surface area (Å²) in [5.74, 6) is 0.625. The minimum Gasteiger partial charge on any atom is -0.484 e. The molecule has 0 N–H and O–H groups in total. The van der Waals surface area contributed by atoms with Crippen LogP contribution < -0.4 is 9.04 Å². The number of carbonyl (C=O) groups is 1. The van der Waals surface area contributed by atoms with E-state index >= 15 is 0 Å². The molecule has 0 bridgehead atoms. The van der Waals surface area contributed by atoms with Gasteiger partial charge in [0.25, 0.3) is 15.9 Å². The summed E-state index contributed by atoms with van der Waals surface area (Å²) in [6.07, 6.45) is 1.68. The number of sulfonamides is 1. The molecule has 1 atom stereocenters. The minimum absolute atomic E-state index is 0.0677. The molecule has 0 spiro atoms. The van der Waals surface area contributed by atoms with Crippen LogP contribution in [0.1, 0.15) is 12.8 Å². The minimum atomic E-state index is -3.58. The van der Waals surface area contributed by atoms with Gasteiger partial charge in [-0.25, -0.2) is 8.42 Å². The molecular weight excluding hydrogens is 440 g/mol. The lowest BCUT2D eigenvalue weighted by atomic mass is 9.97. The first-order valence-corrected chi connectivity index (χ1v) is 12.5. The van der Waals surface area contributed by atoms with Crippen LogP contribution in [-0.2, 0) is 24.3 Å². The van der Waals surface area contributed by atoms with Crippen molar-refractivity contribution >= 4 is 33.0 Å². The molecule has 2 aliphatic rings. The quantitative estimate of drug-likeness (QED) is 0.624. The molecule has 8 nitrogen and oxygen atoms in total. The van der Waals surface area contributed by atoms with Crippen molar-refractivity contribution in [1.82, 2.24) is 4.90 Å². The van der Waals surface area contributed by atoms with Gasteiger partial charge in [0.15, 0.2) is 12.9 Å². The van der Waals surface area contributed by atoms with Gasteiger partial charge in [0.1, 0.15) is 9.96 Å². The fourth-order valence-corrected chi connectivity index (χ4v) is 6.14. The van der Waals surface area contributed by atoms with Crippen LogP contribution in [0.15, 0.2) is 46.0 Å². The van der Waals surface area contributed by atoms with E-state index in [-0.39, 0.29) is 28.9 Å². The van der Waals surface area contributed by atoms with Crippen molar-refractivity contribution in [3.63, 3.8) is 0 Å². The maximum Gasteiger partial charge on any atom is 0.273 e. The first-order valence-electron chi connectivity index (χ1n) is 10.2. The van der Waals surface area contributed by atoms with Crippen molar-refractivity contribution in [2.75, 3.05) is 44.3 Å². The van der Waals surface area contributed by atoms with Gasteiger partial charge in [-0.2, -0.15) is 0 Å². The molecule has 31 heavy (non-hydrogen) atoms. The van der Waals surface area contributed by atoms with Crippen LogP contribution in [0.2, 0.25) is 0 Å². The van der Waals surface area contributed by atoms with Crippen LogP contribution in [0, 0.1) is 5.92 Å². The third kappa shape index (κ3) is 5.03. The smallest absolute Gasteiger partial charge is 0.273 e. The van der Waals surface area contributed by atoms with Crippen molar-refractivity contribution < 1.29 is 27.4 Å². The van der Waals surface area contributed by atoms with E-state index in [2.05, 4.69) is 0 Å². The molecule has 0 radical (unpaired) electrons. The molecular formula is C21H26N2O6S2. The second kappa shape index (κ2) is 9.56. The lowest BCUT2D eigenvalue weighted by molar-refractivity contribution is -0.141. The predicted molar refractivity (Wildman–Crippen MR) is 117 cm³/mol. The fraction of sp³-hybridized carbons (Fsp3) is 0.476. The number of hydrogen-bond acceptors (Lipinski definition) is 7. The Balaban J connectivity index is 1.31. The maximum atomic E-state index is 12.6. The van der Waals surface area contributed by atoms with Gasteiger partial charge in [0, 0.05) is 26.1 Å². The molecule has 168 valence electrons. The third-order valence-electron chi connectivity index (χ3n) is 5.52. The van der Waals surface area contributed by atoms with E-state index in [0.717, 1.165) is 12.8 Å². The van der Waals surface area contributed by atoms with Crippen LogP contribution >= 0.6 is 11.3 Å². The number of piperidine rings is 1. The van der Waals surface area contributed by atoms with Crippen molar-refractivity contribution in [2.24, 2.45) is 5.92 Å². The molecule has 1 aromatic carbocycles. The summed E-state index contributed by atoms with van der Waals surface area (Å²) >= 11 is 1.18. The monoisotopic (exact) mass is 466 g/mol. The molecule has 0 aliphatic carbocycles. The number of ether oxygens (including phenoxy) is 3. The summed E-state index contributed by atoms with van der Waals surface area (Å²) in [6.45, 7) is 2.46. The Hall–Kier alpha value is -2.14.